The van der Waals surface area contributed by atoms with Crippen LogP contribution in [0.25, 0.3) is 0 Å². The van der Waals surface area contributed by atoms with Crippen LogP contribution < -0.4 is 0 Å². The van der Waals surface area contributed by atoms with Gasteiger partial charge in [0.2, 0.25) is 0 Å². The lowest BCUT2D eigenvalue weighted by Crippen LogP contribution is -2.22. The van der Waals surface area contributed by atoms with Crippen LogP contribution in [0, 0.1) is 5.41 Å². The molecule has 0 atom stereocenters. The van der Waals surface area contributed by atoms with Gasteiger partial charge in [-0.3, -0.25) is 10.4 Å². The molecule has 0 fully saturated rings. The summed E-state index contributed by atoms with van der Waals surface area (Å²) < 4.78 is 4.12. The minimum Gasteiger partial charge on any atom is -0.297 e. The Labute approximate surface area is 76.3 Å². The molecule has 0 aliphatic carbocycles. The molecule has 4 heteroatoms. The van der Waals surface area contributed by atoms with Crippen LogP contribution >= 0.6 is 11.9 Å². The molecular formula is C8H11N3S. The van der Waals surface area contributed by atoms with E-state index in [-0.39, 0.29) is 0 Å². The van der Waals surface area contributed by atoms with Gasteiger partial charge in [-0.05, 0) is 31.9 Å². The molecule has 0 spiro atoms. The molecule has 0 saturated heterocycles. The Kier molecular flexibility index (Phi) is 2.81. The van der Waals surface area contributed by atoms with Crippen LogP contribution in [-0.4, -0.2) is 23.4 Å². The molecule has 0 unspecified atom stereocenters. The predicted molar refractivity (Wildman–Crippen MR) is 55.5 cm³/mol. The van der Waals surface area contributed by atoms with Crippen molar-refractivity contribution in [2.45, 2.75) is 13.8 Å². The second-order valence-corrected chi connectivity index (χ2v) is 3.06. The van der Waals surface area contributed by atoms with E-state index in [2.05, 4.69) is 9.39 Å². The van der Waals surface area contributed by atoms with Gasteiger partial charge in [0, 0.05) is 12.0 Å². The maximum Gasteiger partial charge on any atom is 0.102 e. The molecule has 0 aromatic heterocycles. The van der Waals surface area contributed by atoms with Crippen molar-refractivity contribution >= 4 is 29.1 Å². The van der Waals surface area contributed by atoms with Gasteiger partial charge in [-0.15, -0.1) is 0 Å². The van der Waals surface area contributed by atoms with Crippen molar-refractivity contribution in [3.05, 3.63) is 11.8 Å². The first kappa shape index (κ1) is 9.19. The number of hydrogen-bond donors (Lipinski definition) is 1. The molecule has 0 bridgehead atoms. The monoisotopic (exact) mass is 181 g/mol. The average molecular weight is 181 g/mol. The van der Waals surface area contributed by atoms with Crippen molar-refractivity contribution in [1.29, 1.82) is 5.41 Å². The van der Waals surface area contributed by atoms with Crippen molar-refractivity contribution in [3.63, 3.8) is 0 Å². The second-order valence-electron chi connectivity index (χ2n) is 2.52. The van der Waals surface area contributed by atoms with E-state index >= 15 is 0 Å². The van der Waals surface area contributed by atoms with E-state index in [4.69, 9.17) is 5.41 Å². The van der Waals surface area contributed by atoms with Crippen molar-refractivity contribution in [3.8, 4) is 0 Å². The zero-order valence-electron chi connectivity index (χ0n) is 7.38. The average Bonchev–Trinajstić information content (AvgIpc) is 2.00. The molecule has 64 valence electrons. The van der Waals surface area contributed by atoms with E-state index in [1.54, 1.807) is 0 Å². The van der Waals surface area contributed by atoms with Gasteiger partial charge in [-0.1, -0.05) is 0 Å². The zero-order chi connectivity index (χ0) is 9.14. The van der Waals surface area contributed by atoms with Gasteiger partial charge in [0.05, 0.1) is 11.4 Å². The Morgan fingerprint density at radius 2 is 2.17 bits per heavy atom. The SMILES string of the molecule is CS/N=C1/C=C(C)N=C(C)C1=N. The fraction of sp³-hybridized carbons (Fsp3) is 0.375. The quantitative estimate of drug-likeness (QED) is 0.619. The van der Waals surface area contributed by atoms with E-state index in [0.29, 0.717) is 11.4 Å². The van der Waals surface area contributed by atoms with Crippen LogP contribution in [0.5, 0.6) is 0 Å². The molecule has 1 aliphatic heterocycles. The van der Waals surface area contributed by atoms with E-state index < -0.39 is 0 Å². The zero-order valence-corrected chi connectivity index (χ0v) is 8.20. The smallest absolute Gasteiger partial charge is 0.102 e. The van der Waals surface area contributed by atoms with E-state index in [1.165, 1.54) is 11.9 Å². The first-order valence-electron chi connectivity index (χ1n) is 3.59. The van der Waals surface area contributed by atoms with E-state index in [1.807, 2.05) is 26.2 Å². The number of nitrogens with one attached hydrogen (secondary N) is 1. The summed E-state index contributed by atoms with van der Waals surface area (Å²) in [6, 6.07) is 0. The second kappa shape index (κ2) is 3.67. The van der Waals surface area contributed by atoms with Gasteiger partial charge >= 0.3 is 0 Å². The summed E-state index contributed by atoms with van der Waals surface area (Å²) in [5.74, 6) is 0. The summed E-state index contributed by atoms with van der Waals surface area (Å²) >= 11 is 1.36. The Bertz CT molecular complexity index is 299. The Morgan fingerprint density at radius 1 is 1.50 bits per heavy atom. The van der Waals surface area contributed by atoms with Crippen LogP contribution in [0.2, 0.25) is 0 Å². The van der Waals surface area contributed by atoms with Gasteiger partial charge in [0.15, 0.2) is 0 Å². The van der Waals surface area contributed by atoms with Gasteiger partial charge in [0.25, 0.3) is 0 Å². The highest BCUT2D eigenvalue weighted by molar-refractivity contribution is 7.97. The molecule has 1 heterocycles. The Hall–Kier alpha value is -0.900. The van der Waals surface area contributed by atoms with E-state index in [9.17, 15) is 0 Å². The molecule has 1 aliphatic rings. The van der Waals surface area contributed by atoms with Gasteiger partial charge in [-0.25, -0.2) is 4.40 Å². The van der Waals surface area contributed by atoms with Gasteiger partial charge in [-0.2, -0.15) is 0 Å². The van der Waals surface area contributed by atoms with Crippen LogP contribution in [0.1, 0.15) is 13.8 Å². The molecule has 0 aromatic rings. The number of rotatable bonds is 1. The number of aliphatic imine (C=N–C) groups is 1. The molecule has 1 rings (SSSR count). The summed E-state index contributed by atoms with van der Waals surface area (Å²) in [5.41, 5.74) is 2.79. The summed E-state index contributed by atoms with van der Waals surface area (Å²) in [7, 11) is 0. The van der Waals surface area contributed by atoms with Crippen molar-refractivity contribution < 1.29 is 0 Å². The summed E-state index contributed by atoms with van der Waals surface area (Å²) in [6.07, 6.45) is 3.70. The summed E-state index contributed by atoms with van der Waals surface area (Å²) in [4.78, 5) is 4.16. The van der Waals surface area contributed by atoms with Crippen molar-refractivity contribution in [2.75, 3.05) is 6.26 Å². The van der Waals surface area contributed by atoms with Crippen LogP contribution in [0.4, 0.5) is 0 Å². The third-order valence-electron chi connectivity index (χ3n) is 1.50. The number of hydrogen-bond acceptors (Lipinski definition) is 4. The minimum absolute atomic E-state index is 0.426. The van der Waals surface area contributed by atoms with Crippen molar-refractivity contribution in [1.82, 2.24) is 0 Å². The number of allylic oxidation sites excluding steroid dienone is 2. The Morgan fingerprint density at radius 3 is 2.75 bits per heavy atom. The lowest BCUT2D eigenvalue weighted by atomic mass is 10.1. The molecule has 1 N–H and O–H groups in total. The lowest BCUT2D eigenvalue weighted by Gasteiger charge is -2.09. The van der Waals surface area contributed by atoms with Crippen LogP contribution in [-0.2, 0) is 0 Å². The van der Waals surface area contributed by atoms with Crippen LogP contribution in [0.15, 0.2) is 21.2 Å². The van der Waals surface area contributed by atoms with Crippen molar-refractivity contribution in [2.24, 2.45) is 9.39 Å². The topological polar surface area (TPSA) is 48.6 Å². The third-order valence-corrected chi connectivity index (χ3v) is 1.88. The molecule has 0 amide bonds. The molecule has 12 heavy (non-hydrogen) atoms. The molecule has 0 saturated carbocycles. The largest absolute Gasteiger partial charge is 0.297 e. The predicted octanol–water partition coefficient (Wildman–Crippen LogP) is 2.10. The Balaban J connectivity index is 3.02. The van der Waals surface area contributed by atoms with Gasteiger partial charge < -0.3 is 0 Å². The lowest BCUT2D eigenvalue weighted by molar-refractivity contribution is 1.30. The fourth-order valence-electron chi connectivity index (χ4n) is 0.978. The van der Waals surface area contributed by atoms with E-state index in [0.717, 1.165) is 11.4 Å². The highest BCUT2D eigenvalue weighted by Gasteiger charge is 2.12. The molecule has 3 nitrogen and oxygen atoms in total. The van der Waals surface area contributed by atoms with Crippen LogP contribution in [0.3, 0.4) is 0 Å². The molecule has 0 radical (unpaired) electrons. The molecular weight excluding hydrogens is 170 g/mol. The first-order valence-corrected chi connectivity index (χ1v) is 4.77. The standard InChI is InChI=1S/C8H11N3S/c1-5-4-7(11-12-3)8(9)6(2)10-5/h4,9H,1-3H3/b9-8?,11-7-. The maximum atomic E-state index is 7.63. The minimum atomic E-state index is 0.426. The van der Waals surface area contributed by atoms with Gasteiger partial charge in [0.1, 0.15) is 5.71 Å². The maximum absolute atomic E-state index is 7.63. The highest BCUT2D eigenvalue weighted by atomic mass is 32.2. The normalized spacial score (nSPS) is 20.9. The summed E-state index contributed by atoms with van der Waals surface area (Å²) in [6.45, 7) is 3.74. The molecule has 0 aromatic carbocycles. The third kappa shape index (κ3) is 1.82. The highest BCUT2D eigenvalue weighted by Crippen LogP contribution is 2.08. The summed E-state index contributed by atoms with van der Waals surface area (Å²) in [5, 5.41) is 7.63. The number of nitrogens with zero attached hydrogens (tertiary/aromatic N) is 2. The first-order chi connectivity index (χ1) is 5.65. The fourth-order valence-corrected chi connectivity index (χ4v) is 1.32.